The predicted molar refractivity (Wildman–Crippen MR) is 122 cm³/mol. The van der Waals surface area contributed by atoms with Crippen LogP contribution in [0.15, 0.2) is 77.2 Å². The molecule has 160 valence electrons. The van der Waals surface area contributed by atoms with Gasteiger partial charge >= 0.3 is 5.00 Å². The van der Waals surface area contributed by atoms with E-state index in [-0.39, 0.29) is 16.7 Å². The SMILES string of the molecule is O=C(CSc1nnc(-c2ccncc2)n1-c1ccccc1)N/N=C\c1ccc([N+](=O)[O-])s1. The molecule has 4 rings (SSSR count). The van der Waals surface area contributed by atoms with Crippen molar-refractivity contribution < 1.29 is 9.72 Å². The number of nitro groups is 1. The fourth-order valence-electron chi connectivity index (χ4n) is 2.70. The van der Waals surface area contributed by atoms with Gasteiger partial charge in [-0.3, -0.25) is 24.5 Å². The predicted octanol–water partition coefficient (Wildman–Crippen LogP) is 3.54. The lowest BCUT2D eigenvalue weighted by molar-refractivity contribution is -0.380. The Morgan fingerprint density at radius 1 is 1.16 bits per heavy atom. The Labute approximate surface area is 190 Å². The van der Waals surface area contributed by atoms with E-state index in [1.165, 1.54) is 24.0 Å². The number of thioether (sulfide) groups is 1. The first-order valence-electron chi connectivity index (χ1n) is 9.22. The molecule has 0 atom stereocenters. The molecule has 0 saturated carbocycles. The lowest BCUT2D eigenvalue weighted by atomic mass is 10.2. The van der Waals surface area contributed by atoms with Crippen molar-refractivity contribution in [2.45, 2.75) is 5.16 Å². The van der Waals surface area contributed by atoms with Gasteiger partial charge in [0, 0.05) is 29.7 Å². The second-order valence-electron chi connectivity index (χ2n) is 6.23. The molecule has 32 heavy (non-hydrogen) atoms. The standard InChI is InChI=1S/C20H15N7O3S2/c28-17(23-22-12-16-6-7-18(32-16)27(29)30)13-31-20-25-24-19(14-8-10-21-11-9-14)26(20)15-4-2-1-3-5-15/h1-12H,13H2,(H,23,28)/b22-12-. The van der Waals surface area contributed by atoms with Crippen molar-refractivity contribution in [1.29, 1.82) is 0 Å². The molecule has 10 nitrogen and oxygen atoms in total. The van der Waals surface area contributed by atoms with Gasteiger partial charge in [-0.15, -0.1) is 10.2 Å². The number of hydrogen-bond donors (Lipinski definition) is 1. The van der Waals surface area contributed by atoms with Crippen LogP contribution in [-0.4, -0.2) is 42.5 Å². The van der Waals surface area contributed by atoms with Crippen molar-refractivity contribution in [2.75, 3.05) is 5.75 Å². The number of aromatic nitrogens is 4. The first-order chi connectivity index (χ1) is 15.6. The number of rotatable bonds is 8. The summed E-state index contributed by atoms with van der Waals surface area (Å²) < 4.78 is 1.88. The van der Waals surface area contributed by atoms with E-state index in [9.17, 15) is 14.9 Å². The highest BCUT2D eigenvalue weighted by atomic mass is 32.2. The molecule has 4 aromatic rings. The van der Waals surface area contributed by atoms with Gasteiger partial charge in [-0.05, 0) is 30.3 Å². The summed E-state index contributed by atoms with van der Waals surface area (Å²) in [5.74, 6) is 0.354. The van der Waals surface area contributed by atoms with Gasteiger partial charge in [0.25, 0.3) is 5.91 Å². The Hall–Kier alpha value is -3.90. The van der Waals surface area contributed by atoms with Crippen LogP contribution in [0.25, 0.3) is 17.1 Å². The van der Waals surface area contributed by atoms with E-state index in [0.29, 0.717) is 15.9 Å². The quantitative estimate of drug-likeness (QED) is 0.182. The zero-order valence-electron chi connectivity index (χ0n) is 16.4. The smallest absolute Gasteiger partial charge is 0.272 e. The lowest BCUT2D eigenvalue weighted by Gasteiger charge is -2.09. The Morgan fingerprint density at radius 2 is 1.94 bits per heavy atom. The number of carbonyl (C=O) groups is 1. The van der Waals surface area contributed by atoms with E-state index in [1.807, 2.05) is 47.0 Å². The molecule has 0 bridgehead atoms. The fourth-order valence-corrected chi connectivity index (χ4v) is 4.14. The van der Waals surface area contributed by atoms with Gasteiger partial charge in [0.05, 0.1) is 21.8 Å². The highest BCUT2D eigenvalue weighted by molar-refractivity contribution is 7.99. The van der Waals surface area contributed by atoms with Crippen LogP contribution in [-0.2, 0) is 4.79 Å². The van der Waals surface area contributed by atoms with E-state index in [0.717, 1.165) is 22.6 Å². The van der Waals surface area contributed by atoms with E-state index < -0.39 is 4.92 Å². The monoisotopic (exact) mass is 465 g/mol. The Kier molecular flexibility index (Phi) is 6.63. The molecule has 3 aromatic heterocycles. The number of nitrogens with one attached hydrogen (secondary N) is 1. The van der Waals surface area contributed by atoms with Crippen molar-refractivity contribution in [2.24, 2.45) is 5.10 Å². The highest BCUT2D eigenvalue weighted by Gasteiger charge is 2.17. The molecule has 0 spiro atoms. The van der Waals surface area contributed by atoms with Crippen LogP contribution in [0, 0.1) is 10.1 Å². The number of nitrogens with zero attached hydrogens (tertiary/aromatic N) is 6. The summed E-state index contributed by atoms with van der Waals surface area (Å²) in [6.45, 7) is 0. The first-order valence-corrected chi connectivity index (χ1v) is 11.0. The minimum Gasteiger partial charge on any atom is -0.272 e. The molecule has 0 aliphatic carbocycles. The van der Waals surface area contributed by atoms with Gasteiger partial charge in [0.1, 0.15) is 0 Å². The zero-order chi connectivity index (χ0) is 22.3. The van der Waals surface area contributed by atoms with Gasteiger partial charge < -0.3 is 0 Å². The number of benzene rings is 1. The lowest BCUT2D eigenvalue weighted by Crippen LogP contribution is -2.19. The van der Waals surface area contributed by atoms with Crippen LogP contribution in [0.3, 0.4) is 0 Å². The number of carbonyl (C=O) groups excluding carboxylic acids is 1. The molecule has 0 saturated heterocycles. The molecule has 3 heterocycles. The third-order valence-corrected chi connectivity index (χ3v) is 5.99. The van der Waals surface area contributed by atoms with Crippen LogP contribution in [0.1, 0.15) is 4.88 Å². The second kappa shape index (κ2) is 9.94. The third kappa shape index (κ3) is 5.04. The maximum Gasteiger partial charge on any atom is 0.324 e. The largest absolute Gasteiger partial charge is 0.324 e. The first kappa shape index (κ1) is 21.3. The molecular formula is C20H15N7O3S2. The topological polar surface area (TPSA) is 128 Å². The molecule has 0 radical (unpaired) electrons. The highest BCUT2D eigenvalue weighted by Crippen LogP contribution is 2.27. The van der Waals surface area contributed by atoms with Crippen molar-refractivity contribution in [3.63, 3.8) is 0 Å². The molecule has 1 aromatic carbocycles. The van der Waals surface area contributed by atoms with Gasteiger partial charge in [-0.25, -0.2) is 5.43 Å². The number of para-hydroxylation sites is 1. The summed E-state index contributed by atoms with van der Waals surface area (Å²) in [6, 6.07) is 16.2. The number of pyridine rings is 1. The molecule has 0 fully saturated rings. The third-order valence-electron chi connectivity index (χ3n) is 4.09. The molecular weight excluding hydrogens is 450 g/mol. The van der Waals surface area contributed by atoms with Crippen LogP contribution >= 0.6 is 23.1 Å². The van der Waals surface area contributed by atoms with Crippen molar-refractivity contribution in [3.8, 4) is 17.1 Å². The summed E-state index contributed by atoms with van der Waals surface area (Å²) in [5.41, 5.74) is 4.13. The fraction of sp³-hybridized carbons (Fsp3) is 0.0500. The molecule has 0 aliphatic rings. The second-order valence-corrected chi connectivity index (χ2v) is 8.26. The minimum absolute atomic E-state index is 0.0126. The van der Waals surface area contributed by atoms with E-state index >= 15 is 0 Å². The molecule has 12 heteroatoms. The summed E-state index contributed by atoms with van der Waals surface area (Å²) >= 11 is 2.19. The maximum atomic E-state index is 12.2. The Morgan fingerprint density at radius 3 is 2.66 bits per heavy atom. The van der Waals surface area contributed by atoms with Crippen LogP contribution in [0.4, 0.5) is 5.00 Å². The summed E-state index contributed by atoms with van der Waals surface area (Å²) in [5, 5.41) is 23.7. The van der Waals surface area contributed by atoms with Crippen LogP contribution in [0.5, 0.6) is 0 Å². The molecule has 0 unspecified atom stereocenters. The number of hydrazone groups is 1. The number of amides is 1. The minimum atomic E-state index is -0.472. The normalized spacial score (nSPS) is 11.0. The zero-order valence-corrected chi connectivity index (χ0v) is 18.0. The molecule has 1 N–H and O–H groups in total. The van der Waals surface area contributed by atoms with Gasteiger partial charge in [0.15, 0.2) is 11.0 Å². The van der Waals surface area contributed by atoms with E-state index in [1.54, 1.807) is 18.5 Å². The number of thiophene rings is 1. The van der Waals surface area contributed by atoms with Gasteiger partial charge in [-0.2, -0.15) is 5.10 Å². The van der Waals surface area contributed by atoms with Crippen molar-refractivity contribution >= 4 is 40.2 Å². The Balaban J connectivity index is 1.46. The average molecular weight is 466 g/mol. The molecule has 1 amide bonds. The van der Waals surface area contributed by atoms with E-state index in [4.69, 9.17) is 0 Å². The average Bonchev–Trinajstić information content (AvgIpc) is 3.46. The molecule has 0 aliphatic heterocycles. The maximum absolute atomic E-state index is 12.2. The Bertz CT molecular complexity index is 1260. The van der Waals surface area contributed by atoms with Crippen molar-refractivity contribution in [1.82, 2.24) is 25.2 Å². The van der Waals surface area contributed by atoms with Crippen molar-refractivity contribution in [3.05, 3.63) is 82.0 Å². The van der Waals surface area contributed by atoms with Gasteiger partial charge in [-0.1, -0.05) is 41.3 Å². The summed E-state index contributed by atoms with van der Waals surface area (Å²) in [6.07, 6.45) is 4.73. The van der Waals surface area contributed by atoms with Crippen LogP contribution < -0.4 is 5.43 Å². The summed E-state index contributed by atoms with van der Waals surface area (Å²) in [7, 11) is 0. The van der Waals surface area contributed by atoms with E-state index in [2.05, 4.69) is 25.7 Å². The number of hydrogen-bond acceptors (Lipinski definition) is 9. The summed E-state index contributed by atoms with van der Waals surface area (Å²) in [4.78, 5) is 27.1. The van der Waals surface area contributed by atoms with Gasteiger partial charge in [0.2, 0.25) is 0 Å². The van der Waals surface area contributed by atoms with Crippen LogP contribution in [0.2, 0.25) is 0 Å².